The second-order valence-electron chi connectivity index (χ2n) is 7.30. The van der Waals surface area contributed by atoms with Crippen LogP contribution in [0.1, 0.15) is 25.8 Å². The molecule has 6 heteroatoms. The smallest absolute Gasteiger partial charge is 0.236 e. The van der Waals surface area contributed by atoms with Crippen LogP contribution in [-0.4, -0.2) is 39.6 Å². The summed E-state index contributed by atoms with van der Waals surface area (Å²) in [6.07, 6.45) is 0.894. The van der Waals surface area contributed by atoms with Crippen molar-refractivity contribution in [2.75, 3.05) is 39.6 Å². The van der Waals surface area contributed by atoms with Gasteiger partial charge in [-0.2, -0.15) is 0 Å². The molecule has 0 amide bonds. The Morgan fingerprint density at radius 2 is 1.48 bits per heavy atom. The zero-order valence-electron chi connectivity index (χ0n) is 18.2. The monoisotopic (exact) mass is 442 g/mol. The summed E-state index contributed by atoms with van der Waals surface area (Å²) in [5, 5.41) is 0.949. The molecule has 0 fully saturated rings. The Morgan fingerprint density at radius 3 is 2.23 bits per heavy atom. The van der Waals surface area contributed by atoms with Gasteiger partial charge in [0.25, 0.3) is 0 Å². The molecule has 0 aliphatic carbocycles. The predicted octanol–water partition coefficient (Wildman–Crippen LogP) is 5.02. The highest BCUT2D eigenvalue weighted by molar-refractivity contribution is 7.16. The van der Waals surface area contributed by atoms with Crippen molar-refractivity contribution in [3.05, 3.63) is 75.8 Å². The molecular formula is C25H30O5S. The van der Waals surface area contributed by atoms with Crippen LogP contribution in [0.5, 0.6) is 5.75 Å². The Labute approximate surface area is 187 Å². The molecule has 3 rings (SSSR count). The zero-order chi connectivity index (χ0) is 21.9. The molecule has 1 heterocycles. The third-order valence-electron chi connectivity index (χ3n) is 5.18. The van der Waals surface area contributed by atoms with Gasteiger partial charge in [-0.1, -0.05) is 60.7 Å². The number of fused-ring (bicyclic) bond motifs is 1. The van der Waals surface area contributed by atoms with E-state index < -0.39 is 0 Å². The maximum absolute atomic E-state index is 11.8. The molecule has 0 saturated heterocycles. The minimum atomic E-state index is -0.301. The molecule has 1 atom stereocenters. The SMILES string of the molecule is CCC(C)(OCCOCCOCCOc1cc(=O)sc2ccccc12)c1ccccc1. The third-order valence-corrected chi connectivity index (χ3v) is 6.07. The Kier molecular flexibility index (Phi) is 9.03. The molecule has 0 spiro atoms. The Hall–Kier alpha value is -2.25. The van der Waals surface area contributed by atoms with Gasteiger partial charge in [0.1, 0.15) is 12.4 Å². The molecule has 0 aliphatic heterocycles. The van der Waals surface area contributed by atoms with E-state index >= 15 is 0 Å². The van der Waals surface area contributed by atoms with Crippen LogP contribution in [-0.2, 0) is 19.8 Å². The van der Waals surface area contributed by atoms with E-state index in [4.69, 9.17) is 18.9 Å². The lowest BCUT2D eigenvalue weighted by Gasteiger charge is -2.29. The lowest BCUT2D eigenvalue weighted by atomic mass is 9.93. The molecule has 166 valence electrons. The summed E-state index contributed by atoms with van der Waals surface area (Å²) in [4.78, 5) is 11.8. The van der Waals surface area contributed by atoms with E-state index in [0.29, 0.717) is 45.4 Å². The molecular weight excluding hydrogens is 412 g/mol. The largest absolute Gasteiger partial charge is 0.490 e. The topological polar surface area (TPSA) is 54.0 Å². The predicted molar refractivity (Wildman–Crippen MR) is 125 cm³/mol. The van der Waals surface area contributed by atoms with Crippen LogP contribution >= 0.6 is 11.3 Å². The van der Waals surface area contributed by atoms with Gasteiger partial charge >= 0.3 is 0 Å². The molecule has 1 unspecified atom stereocenters. The standard InChI is InChI=1S/C25H30O5S/c1-3-25(2,20-9-5-4-6-10-20)30-18-16-28-14-13-27-15-17-29-22-19-24(26)31-23-12-8-7-11-21(22)23/h4-12,19H,3,13-18H2,1-2H3. The zero-order valence-corrected chi connectivity index (χ0v) is 19.0. The van der Waals surface area contributed by atoms with Crippen molar-refractivity contribution in [3.8, 4) is 5.75 Å². The Morgan fingerprint density at radius 1 is 0.839 bits per heavy atom. The van der Waals surface area contributed by atoms with Gasteiger partial charge in [-0.15, -0.1) is 0 Å². The maximum atomic E-state index is 11.8. The van der Waals surface area contributed by atoms with Crippen molar-refractivity contribution >= 4 is 21.4 Å². The molecule has 0 saturated carbocycles. The fourth-order valence-corrected chi connectivity index (χ4v) is 4.05. The number of ether oxygens (including phenoxy) is 4. The Bertz CT molecular complexity index is 988. The van der Waals surface area contributed by atoms with E-state index in [1.54, 1.807) is 0 Å². The van der Waals surface area contributed by atoms with Gasteiger partial charge in [0.15, 0.2) is 0 Å². The minimum Gasteiger partial charge on any atom is -0.490 e. The van der Waals surface area contributed by atoms with Crippen molar-refractivity contribution in [3.63, 3.8) is 0 Å². The second kappa shape index (κ2) is 12.0. The third kappa shape index (κ3) is 6.87. The highest BCUT2D eigenvalue weighted by Gasteiger charge is 2.24. The van der Waals surface area contributed by atoms with Gasteiger partial charge in [0.05, 0.1) is 38.6 Å². The van der Waals surface area contributed by atoms with Gasteiger partial charge in [0.2, 0.25) is 4.74 Å². The average molecular weight is 443 g/mol. The number of hydrogen-bond donors (Lipinski definition) is 0. The number of rotatable bonds is 13. The normalized spacial score (nSPS) is 13.2. The second-order valence-corrected chi connectivity index (χ2v) is 8.34. The molecule has 31 heavy (non-hydrogen) atoms. The molecule has 0 bridgehead atoms. The van der Waals surface area contributed by atoms with Crippen LogP contribution in [0.4, 0.5) is 0 Å². The summed E-state index contributed by atoms with van der Waals surface area (Å²) < 4.78 is 23.9. The minimum absolute atomic E-state index is 0.0170. The fourth-order valence-electron chi connectivity index (χ4n) is 3.24. The summed E-state index contributed by atoms with van der Waals surface area (Å²) in [6, 6.07) is 19.5. The lowest BCUT2D eigenvalue weighted by Crippen LogP contribution is -2.27. The van der Waals surface area contributed by atoms with Gasteiger partial charge in [-0.25, -0.2) is 0 Å². The van der Waals surface area contributed by atoms with E-state index in [2.05, 4.69) is 26.0 Å². The van der Waals surface area contributed by atoms with Gasteiger partial charge < -0.3 is 18.9 Å². The summed E-state index contributed by atoms with van der Waals surface area (Å²) in [5.41, 5.74) is 0.877. The van der Waals surface area contributed by atoms with Crippen molar-refractivity contribution in [2.24, 2.45) is 0 Å². The number of benzene rings is 2. The highest BCUT2D eigenvalue weighted by atomic mass is 32.1. The van der Waals surface area contributed by atoms with Crippen LogP contribution in [0.25, 0.3) is 10.1 Å². The molecule has 0 N–H and O–H groups in total. The molecule has 5 nitrogen and oxygen atoms in total. The fraction of sp³-hybridized carbons (Fsp3) is 0.400. The number of hydrogen-bond acceptors (Lipinski definition) is 6. The maximum Gasteiger partial charge on any atom is 0.236 e. The highest BCUT2D eigenvalue weighted by Crippen LogP contribution is 2.28. The first-order valence-corrected chi connectivity index (χ1v) is 11.4. The van der Waals surface area contributed by atoms with Crippen LogP contribution in [0.2, 0.25) is 0 Å². The van der Waals surface area contributed by atoms with Crippen LogP contribution in [0.15, 0.2) is 65.5 Å². The lowest BCUT2D eigenvalue weighted by molar-refractivity contribution is -0.0683. The van der Waals surface area contributed by atoms with Crippen LogP contribution < -0.4 is 9.48 Å². The van der Waals surface area contributed by atoms with E-state index in [0.717, 1.165) is 16.5 Å². The molecule has 0 aliphatic rings. The van der Waals surface area contributed by atoms with Gasteiger partial charge in [-0.3, -0.25) is 4.79 Å². The van der Waals surface area contributed by atoms with Gasteiger partial charge in [0, 0.05) is 16.2 Å². The molecule has 2 aromatic carbocycles. The quantitative estimate of drug-likeness (QED) is 0.348. The van der Waals surface area contributed by atoms with Crippen molar-refractivity contribution in [2.45, 2.75) is 25.9 Å². The van der Waals surface area contributed by atoms with Crippen molar-refractivity contribution in [1.82, 2.24) is 0 Å². The summed E-state index contributed by atoms with van der Waals surface area (Å²) in [5.74, 6) is 0.605. The van der Waals surface area contributed by atoms with Crippen molar-refractivity contribution in [1.29, 1.82) is 0 Å². The van der Waals surface area contributed by atoms with Crippen LogP contribution in [0.3, 0.4) is 0 Å². The first-order chi connectivity index (χ1) is 15.1. The van der Waals surface area contributed by atoms with Crippen molar-refractivity contribution < 1.29 is 18.9 Å². The summed E-state index contributed by atoms with van der Waals surface area (Å²) >= 11 is 1.22. The molecule has 1 aromatic heterocycles. The first kappa shape index (κ1) is 23.4. The van der Waals surface area contributed by atoms with E-state index in [9.17, 15) is 4.79 Å². The van der Waals surface area contributed by atoms with Gasteiger partial charge in [-0.05, 0) is 31.0 Å². The first-order valence-electron chi connectivity index (χ1n) is 10.6. The Balaban J connectivity index is 1.28. The van der Waals surface area contributed by atoms with E-state index in [1.165, 1.54) is 23.0 Å². The van der Waals surface area contributed by atoms with Crippen LogP contribution in [0, 0.1) is 0 Å². The summed E-state index contributed by atoms with van der Waals surface area (Å²) in [7, 11) is 0. The summed E-state index contributed by atoms with van der Waals surface area (Å²) in [6.45, 7) is 7.08. The van der Waals surface area contributed by atoms with E-state index in [1.807, 2.05) is 42.5 Å². The average Bonchev–Trinajstić information content (AvgIpc) is 2.80. The molecule has 0 radical (unpaired) electrons. The van der Waals surface area contributed by atoms with E-state index in [-0.39, 0.29) is 10.3 Å². The molecule has 3 aromatic rings.